The van der Waals surface area contributed by atoms with Crippen LogP contribution in [-0.2, 0) is 0 Å². The summed E-state index contributed by atoms with van der Waals surface area (Å²) in [6.45, 7) is -0.195. The van der Waals surface area contributed by atoms with Crippen molar-refractivity contribution < 1.29 is 0 Å². The maximum Gasteiger partial charge on any atom is 0.307 e. The fraction of sp³-hybridized carbons (Fsp3) is 0.0769. The van der Waals surface area contributed by atoms with Crippen molar-refractivity contribution in [3.05, 3.63) is 60.7 Å². The topological polar surface area (TPSA) is 0 Å². The molecule has 0 saturated carbocycles. The molecule has 0 aromatic heterocycles. The van der Waals surface area contributed by atoms with E-state index in [1.807, 2.05) is 67.2 Å². The minimum absolute atomic E-state index is 1.05. The van der Waals surface area contributed by atoms with Crippen LogP contribution in [0.15, 0.2) is 60.7 Å². The van der Waals surface area contributed by atoms with Gasteiger partial charge < -0.3 is 0 Å². The van der Waals surface area contributed by atoms with Gasteiger partial charge in [0, 0.05) is 0 Å². The molecule has 0 saturated heterocycles. The van der Waals surface area contributed by atoms with Gasteiger partial charge in [0.2, 0.25) is 0 Å². The van der Waals surface area contributed by atoms with Gasteiger partial charge in [-0.1, -0.05) is 60.7 Å². The molecule has 1 radical (unpaired) electrons. The molecule has 0 aliphatic carbocycles. The van der Waals surface area contributed by atoms with E-state index in [0.717, 1.165) is 10.4 Å². The van der Waals surface area contributed by atoms with Crippen molar-refractivity contribution >= 4 is 68.8 Å². The van der Waals surface area contributed by atoms with Crippen molar-refractivity contribution in [2.45, 2.75) is 6.55 Å². The first kappa shape index (κ1) is 17.1. The van der Waals surface area contributed by atoms with Gasteiger partial charge in [0.25, 0.3) is 6.69 Å². The number of halogens is 4. The standard InChI is InChI=1S/C7H8Cl2Si.C6H5Cl2Si/c1-10(8,9)7-5-3-2-4-6-7;7-9(8)6-4-2-1-3-5-6/h2-6H,1H3;1-5H. The summed E-state index contributed by atoms with van der Waals surface area (Å²) in [5.41, 5.74) is 0. The van der Waals surface area contributed by atoms with Crippen LogP contribution in [0.25, 0.3) is 0 Å². The molecule has 0 heterocycles. The van der Waals surface area contributed by atoms with Crippen LogP contribution < -0.4 is 10.4 Å². The highest BCUT2D eigenvalue weighted by molar-refractivity contribution is 7.50. The summed E-state index contributed by atoms with van der Waals surface area (Å²) in [5, 5.41) is 2.11. The van der Waals surface area contributed by atoms with Crippen molar-refractivity contribution in [3.63, 3.8) is 0 Å². The zero-order chi connectivity index (χ0) is 14.3. The second-order valence-electron chi connectivity index (χ2n) is 3.88. The van der Waals surface area contributed by atoms with E-state index < -0.39 is 14.1 Å². The largest absolute Gasteiger partial charge is 0.307 e. The van der Waals surface area contributed by atoms with Gasteiger partial charge in [0.05, 0.1) is 0 Å². The van der Waals surface area contributed by atoms with Gasteiger partial charge in [0.15, 0.2) is 0 Å². The Bertz CT molecular complexity index is 469. The van der Waals surface area contributed by atoms with E-state index in [1.54, 1.807) is 0 Å². The Morgan fingerprint density at radius 2 is 1.21 bits per heavy atom. The molecule has 0 fully saturated rings. The molecule has 2 aromatic rings. The minimum atomic E-state index is -2.09. The average molecular weight is 367 g/mol. The first-order valence-electron chi connectivity index (χ1n) is 5.58. The van der Waals surface area contributed by atoms with Gasteiger partial charge in [-0.15, -0.1) is 44.3 Å². The highest BCUT2D eigenvalue weighted by Crippen LogP contribution is 2.12. The van der Waals surface area contributed by atoms with Gasteiger partial charge >= 0.3 is 7.42 Å². The van der Waals surface area contributed by atoms with Gasteiger partial charge in [-0.25, -0.2) is 0 Å². The lowest BCUT2D eigenvalue weighted by molar-refractivity contribution is 1.76. The highest BCUT2D eigenvalue weighted by Gasteiger charge is 2.22. The molecule has 0 bridgehead atoms. The molecule has 19 heavy (non-hydrogen) atoms. The molecule has 0 unspecified atom stereocenters. The van der Waals surface area contributed by atoms with E-state index in [-0.39, 0.29) is 0 Å². The lowest BCUT2D eigenvalue weighted by atomic mass is 10.4. The predicted molar refractivity (Wildman–Crippen MR) is 92.9 cm³/mol. The highest BCUT2D eigenvalue weighted by atomic mass is 35.7. The number of benzene rings is 2. The van der Waals surface area contributed by atoms with Crippen molar-refractivity contribution in [1.29, 1.82) is 0 Å². The molecule has 2 rings (SSSR count). The van der Waals surface area contributed by atoms with Crippen LogP contribution in [0.4, 0.5) is 0 Å². The van der Waals surface area contributed by atoms with Crippen LogP contribution in [-0.4, -0.2) is 14.1 Å². The van der Waals surface area contributed by atoms with Crippen LogP contribution in [0.5, 0.6) is 0 Å². The quantitative estimate of drug-likeness (QED) is 0.548. The lowest BCUT2D eigenvalue weighted by Crippen LogP contribution is -2.31. The second kappa shape index (κ2) is 8.35. The van der Waals surface area contributed by atoms with E-state index in [1.165, 1.54) is 0 Å². The Labute approximate surface area is 135 Å². The van der Waals surface area contributed by atoms with Gasteiger partial charge in [-0.05, 0) is 16.9 Å². The smallest absolute Gasteiger partial charge is 0.140 e. The van der Waals surface area contributed by atoms with Crippen molar-refractivity contribution in [3.8, 4) is 0 Å². The maximum atomic E-state index is 5.96. The zero-order valence-corrected chi connectivity index (χ0v) is 15.3. The fourth-order valence-corrected chi connectivity index (χ4v) is 4.03. The normalized spacial score (nSPS) is 10.8. The summed E-state index contributed by atoms with van der Waals surface area (Å²) in [6.07, 6.45) is 0. The lowest BCUT2D eigenvalue weighted by Gasteiger charge is -2.08. The number of hydrogen-bond acceptors (Lipinski definition) is 0. The fourth-order valence-electron chi connectivity index (χ4n) is 1.29. The third-order valence-corrected chi connectivity index (χ3v) is 7.01. The van der Waals surface area contributed by atoms with Crippen LogP contribution in [0.3, 0.4) is 0 Å². The molecular formula is C13H13Cl4Si2. The molecule has 101 valence electrons. The van der Waals surface area contributed by atoms with Crippen LogP contribution >= 0.6 is 44.3 Å². The monoisotopic (exact) mass is 365 g/mol. The van der Waals surface area contributed by atoms with Crippen molar-refractivity contribution in [1.82, 2.24) is 0 Å². The summed E-state index contributed by atoms with van der Waals surface area (Å²) >= 11 is 23.3. The summed E-state index contributed by atoms with van der Waals surface area (Å²) in [4.78, 5) is 0. The van der Waals surface area contributed by atoms with Gasteiger partial charge in [-0.3, -0.25) is 0 Å². The van der Waals surface area contributed by atoms with E-state index in [4.69, 9.17) is 44.3 Å². The summed E-state index contributed by atoms with van der Waals surface area (Å²) in [5.74, 6) is 0. The zero-order valence-electron chi connectivity index (χ0n) is 10.3. The molecule has 6 heteroatoms. The molecule has 0 atom stereocenters. The predicted octanol–water partition coefficient (Wildman–Crippen LogP) is 4.30. The molecule has 0 nitrogen and oxygen atoms in total. The van der Waals surface area contributed by atoms with E-state index >= 15 is 0 Å². The van der Waals surface area contributed by atoms with Crippen molar-refractivity contribution in [2.24, 2.45) is 0 Å². The summed E-state index contributed by atoms with van der Waals surface area (Å²) < 4.78 is 0. The Hall–Kier alpha value is 0.0338. The van der Waals surface area contributed by atoms with E-state index in [2.05, 4.69) is 0 Å². The van der Waals surface area contributed by atoms with E-state index in [9.17, 15) is 0 Å². The van der Waals surface area contributed by atoms with Crippen molar-refractivity contribution in [2.75, 3.05) is 0 Å². The number of rotatable bonds is 2. The second-order valence-corrected chi connectivity index (χ2v) is 15.3. The van der Waals surface area contributed by atoms with Crippen LogP contribution in [0.2, 0.25) is 6.55 Å². The van der Waals surface area contributed by atoms with Gasteiger partial charge in [0.1, 0.15) is 0 Å². The SMILES string of the molecule is C[Si](Cl)(Cl)c1ccccc1.Cl[Si](Cl)c1ccccc1. The first-order chi connectivity index (χ1) is 8.91. The summed E-state index contributed by atoms with van der Waals surface area (Å²) in [6, 6.07) is 19.5. The third-order valence-electron chi connectivity index (χ3n) is 2.27. The average Bonchev–Trinajstić information content (AvgIpc) is 2.40. The third kappa shape index (κ3) is 6.84. The molecule has 2 aromatic carbocycles. The maximum absolute atomic E-state index is 5.96. The molecule has 0 spiro atoms. The number of hydrogen-bond donors (Lipinski definition) is 0. The Balaban J connectivity index is 0.000000191. The molecule has 0 aliphatic rings. The van der Waals surface area contributed by atoms with Crippen LogP contribution in [0.1, 0.15) is 0 Å². The van der Waals surface area contributed by atoms with Crippen LogP contribution in [0, 0.1) is 0 Å². The Morgan fingerprint density at radius 1 is 0.789 bits per heavy atom. The summed E-state index contributed by atoms with van der Waals surface area (Å²) in [7, 11) is -1.27. The van der Waals surface area contributed by atoms with E-state index in [0.29, 0.717) is 0 Å². The molecule has 0 amide bonds. The molecule has 0 N–H and O–H groups in total. The molecular weight excluding hydrogens is 354 g/mol. The minimum Gasteiger partial charge on any atom is -0.140 e. The Kier molecular flexibility index (Phi) is 7.51. The molecule has 0 aliphatic heterocycles. The first-order valence-corrected chi connectivity index (χ1v) is 13.6. The Morgan fingerprint density at radius 3 is 1.47 bits per heavy atom. The van der Waals surface area contributed by atoms with Gasteiger partial charge in [-0.2, -0.15) is 0 Å².